The molecule has 98 valence electrons. The number of nitro groups is 1. The number of thiophene rings is 1. The minimum absolute atomic E-state index is 0.0328. The number of nitrogens with one attached hydrogen (secondary N) is 1. The van der Waals surface area contributed by atoms with Gasteiger partial charge in [0.15, 0.2) is 11.5 Å². The second kappa shape index (κ2) is 4.98. The third-order valence-electron chi connectivity index (χ3n) is 2.19. The second-order valence-corrected chi connectivity index (χ2v) is 4.28. The first-order valence-electron chi connectivity index (χ1n) is 4.95. The minimum Gasteiger partial charge on any atom is -0.464 e. The third kappa shape index (κ3) is 2.50. The van der Waals surface area contributed by atoms with Gasteiger partial charge in [-0.05, 0) is 5.38 Å². The van der Waals surface area contributed by atoms with Crippen LogP contribution >= 0.6 is 11.3 Å². The summed E-state index contributed by atoms with van der Waals surface area (Å²) in [5, 5.41) is 12.3. The monoisotopic (exact) mass is 281 g/mol. The third-order valence-corrected chi connectivity index (χ3v) is 3.10. The number of hydrogen-bond acceptors (Lipinski definition) is 7. The van der Waals surface area contributed by atoms with E-state index in [1.54, 1.807) is 0 Å². The van der Waals surface area contributed by atoms with E-state index in [4.69, 9.17) is 0 Å². The summed E-state index contributed by atoms with van der Waals surface area (Å²) < 4.78 is 4.46. The van der Waals surface area contributed by atoms with Crippen LogP contribution in [0.3, 0.4) is 0 Å². The Morgan fingerprint density at radius 1 is 1.58 bits per heavy atom. The highest BCUT2D eigenvalue weighted by Crippen LogP contribution is 2.32. The molecule has 2 aromatic heterocycles. The van der Waals surface area contributed by atoms with Crippen LogP contribution in [0.5, 0.6) is 0 Å². The average Bonchev–Trinajstić information content (AvgIpc) is 2.86. The molecule has 2 aromatic rings. The molecular weight excluding hydrogens is 274 g/mol. The molecule has 0 aliphatic carbocycles. The molecule has 2 rings (SSSR count). The van der Waals surface area contributed by atoms with Crippen molar-refractivity contribution in [2.24, 2.45) is 0 Å². The summed E-state index contributed by atoms with van der Waals surface area (Å²) in [5.41, 5.74) is -0.979. The average molecular weight is 281 g/mol. The van der Waals surface area contributed by atoms with Gasteiger partial charge in [0.25, 0.3) is 11.2 Å². The molecule has 0 atom stereocenters. The number of rotatable bonds is 3. The standard InChI is InChI=1S/C10H7N3O5S/c1-18-10(15)5-4-7(14)12-9(11-5)8-6(13(16)17)2-3-19-8/h2-4H,1H3,(H,11,12,14). The SMILES string of the molecule is COC(=O)c1cc(=O)[nH]c(-c2sccc2[N+](=O)[O-])n1. The molecule has 0 aromatic carbocycles. The van der Waals surface area contributed by atoms with Gasteiger partial charge in [0.1, 0.15) is 4.88 Å². The van der Waals surface area contributed by atoms with Crippen molar-refractivity contribution < 1.29 is 14.5 Å². The van der Waals surface area contributed by atoms with Crippen LogP contribution < -0.4 is 5.56 Å². The van der Waals surface area contributed by atoms with Gasteiger partial charge in [-0.3, -0.25) is 14.9 Å². The lowest BCUT2D eigenvalue weighted by Gasteiger charge is -2.01. The van der Waals surface area contributed by atoms with Crippen LogP contribution in [0.15, 0.2) is 22.3 Å². The van der Waals surface area contributed by atoms with Crippen LogP contribution in [0.2, 0.25) is 0 Å². The Morgan fingerprint density at radius 3 is 2.95 bits per heavy atom. The summed E-state index contributed by atoms with van der Waals surface area (Å²) in [6.45, 7) is 0. The molecule has 9 heteroatoms. The van der Waals surface area contributed by atoms with Gasteiger partial charge in [-0.15, -0.1) is 11.3 Å². The summed E-state index contributed by atoms with van der Waals surface area (Å²) >= 11 is 1.04. The second-order valence-electron chi connectivity index (χ2n) is 3.36. The molecule has 0 saturated carbocycles. The quantitative estimate of drug-likeness (QED) is 0.513. The van der Waals surface area contributed by atoms with Crippen LogP contribution in [0, 0.1) is 10.1 Å². The first kappa shape index (κ1) is 12.9. The van der Waals surface area contributed by atoms with Crippen molar-refractivity contribution in [3.63, 3.8) is 0 Å². The molecule has 0 aliphatic heterocycles. The zero-order valence-corrected chi connectivity index (χ0v) is 10.4. The van der Waals surface area contributed by atoms with Crippen molar-refractivity contribution in [2.45, 2.75) is 0 Å². The van der Waals surface area contributed by atoms with Gasteiger partial charge >= 0.3 is 5.97 Å². The number of nitrogens with zero attached hydrogens (tertiary/aromatic N) is 2. The fourth-order valence-electron chi connectivity index (χ4n) is 1.40. The molecule has 0 saturated heterocycles. The highest BCUT2D eigenvalue weighted by molar-refractivity contribution is 7.14. The molecule has 0 bridgehead atoms. The highest BCUT2D eigenvalue weighted by atomic mass is 32.1. The molecule has 0 radical (unpaired) electrons. The van der Waals surface area contributed by atoms with E-state index >= 15 is 0 Å². The molecule has 0 spiro atoms. The first-order chi connectivity index (χ1) is 9.02. The Morgan fingerprint density at radius 2 is 2.32 bits per heavy atom. The van der Waals surface area contributed by atoms with Crippen molar-refractivity contribution in [3.05, 3.63) is 43.7 Å². The van der Waals surface area contributed by atoms with E-state index in [1.807, 2.05) is 0 Å². The topological polar surface area (TPSA) is 115 Å². The van der Waals surface area contributed by atoms with Crippen molar-refractivity contribution in [1.82, 2.24) is 9.97 Å². The van der Waals surface area contributed by atoms with E-state index in [9.17, 15) is 19.7 Å². The fourth-order valence-corrected chi connectivity index (χ4v) is 2.20. The van der Waals surface area contributed by atoms with Crippen LogP contribution in [0.4, 0.5) is 5.69 Å². The number of hydrogen-bond donors (Lipinski definition) is 1. The summed E-state index contributed by atoms with van der Waals surface area (Å²) in [6.07, 6.45) is 0. The maximum Gasteiger partial charge on any atom is 0.356 e. The van der Waals surface area contributed by atoms with E-state index in [0.717, 1.165) is 24.5 Å². The Bertz CT molecular complexity index is 705. The van der Waals surface area contributed by atoms with Crippen LogP contribution in [-0.2, 0) is 4.74 Å². The van der Waals surface area contributed by atoms with Crippen LogP contribution in [0.1, 0.15) is 10.5 Å². The van der Waals surface area contributed by atoms with Gasteiger partial charge in [-0.25, -0.2) is 9.78 Å². The van der Waals surface area contributed by atoms with Gasteiger partial charge in [-0.2, -0.15) is 0 Å². The van der Waals surface area contributed by atoms with Gasteiger partial charge in [0.2, 0.25) is 0 Å². The van der Waals surface area contributed by atoms with Gasteiger partial charge in [0.05, 0.1) is 12.0 Å². The minimum atomic E-state index is -0.786. The van der Waals surface area contributed by atoms with Crippen molar-refractivity contribution in [1.29, 1.82) is 0 Å². The molecule has 0 amide bonds. The summed E-state index contributed by atoms with van der Waals surface area (Å²) in [7, 11) is 1.15. The van der Waals surface area contributed by atoms with Gasteiger partial charge in [0, 0.05) is 12.1 Å². The molecule has 8 nitrogen and oxygen atoms in total. The van der Waals surface area contributed by atoms with E-state index in [1.165, 1.54) is 11.4 Å². The molecule has 0 aliphatic rings. The lowest BCUT2D eigenvalue weighted by Crippen LogP contribution is -2.14. The van der Waals surface area contributed by atoms with Crippen molar-refractivity contribution >= 4 is 23.0 Å². The Kier molecular flexibility index (Phi) is 3.38. The maximum atomic E-state index is 11.4. The lowest BCUT2D eigenvalue weighted by atomic mass is 10.3. The molecular formula is C10H7N3O5S. The lowest BCUT2D eigenvalue weighted by molar-refractivity contribution is -0.383. The molecule has 19 heavy (non-hydrogen) atoms. The molecule has 1 N–H and O–H groups in total. The van der Waals surface area contributed by atoms with E-state index in [-0.39, 0.29) is 22.1 Å². The maximum absolute atomic E-state index is 11.4. The highest BCUT2D eigenvalue weighted by Gasteiger charge is 2.20. The van der Waals surface area contributed by atoms with E-state index in [2.05, 4.69) is 14.7 Å². The number of aromatic nitrogens is 2. The smallest absolute Gasteiger partial charge is 0.356 e. The zero-order valence-electron chi connectivity index (χ0n) is 9.58. The predicted octanol–water partition coefficient (Wildman–Crippen LogP) is 1.19. The van der Waals surface area contributed by atoms with Crippen molar-refractivity contribution in [3.8, 4) is 10.7 Å². The number of carbonyl (C=O) groups excluding carboxylic acids is 1. The van der Waals surface area contributed by atoms with E-state index in [0.29, 0.717) is 0 Å². The predicted molar refractivity (Wildman–Crippen MR) is 66.2 cm³/mol. The molecule has 0 unspecified atom stereocenters. The largest absolute Gasteiger partial charge is 0.464 e. The number of aromatic amines is 1. The number of H-pyrrole nitrogens is 1. The summed E-state index contributed by atoms with van der Waals surface area (Å²) in [5.74, 6) is -0.818. The summed E-state index contributed by atoms with van der Waals surface area (Å²) in [4.78, 5) is 39.4. The van der Waals surface area contributed by atoms with Gasteiger partial charge < -0.3 is 9.72 Å². The summed E-state index contributed by atoms with van der Waals surface area (Å²) in [6, 6.07) is 2.26. The number of methoxy groups -OCH3 is 1. The normalized spacial score (nSPS) is 10.2. The molecule has 2 heterocycles. The molecule has 0 fully saturated rings. The van der Waals surface area contributed by atoms with Crippen LogP contribution in [-0.4, -0.2) is 28.0 Å². The number of esters is 1. The number of ether oxygens (including phenoxy) is 1. The fraction of sp³-hybridized carbons (Fsp3) is 0.100. The van der Waals surface area contributed by atoms with E-state index < -0.39 is 16.5 Å². The Labute approximate surface area is 109 Å². The zero-order chi connectivity index (χ0) is 14.0. The Balaban J connectivity index is 2.60. The van der Waals surface area contributed by atoms with Crippen LogP contribution in [0.25, 0.3) is 10.7 Å². The number of carbonyl (C=O) groups is 1. The van der Waals surface area contributed by atoms with Gasteiger partial charge in [-0.1, -0.05) is 0 Å². The van der Waals surface area contributed by atoms with Crippen molar-refractivity contribution in [2.75, 3.05) is 7.11 Å². The Hall–Kier alpha value is -2.55. The first-order valence-corrected chi connectivity index (χ1v) is 5.83.